The Kier molecular flexibility index (Phi) is 6.51. The van der Waals surface area contributed by atoms with Crippen LogP contribution in [0.25, 0.3) is 0 Å². The van der Waals surface area contributed by atoms with E-state index in [-0.39, 0.29) is 14.2 Å². The zero-order valence-electron chi connectivity index (χ0n) is 3.55. The molecule has 0 bridgehead atoms. The van der Waals surface area contributed by atoms with Crippen LogP contribution in [-0.2, 0) is 0 Å². The SMILES string of the molecule is C/C(N)=N/O.[B]. The van der Waals surface area contributed by atoms with Gasteiger partial charge in [0.1, 0.15) is 5.84 Å². The molecule has 0 aromatic heterocycles. The van der Waals surface area contributed by atoms with Crippen molar-refractivity contribution in [2.45, 2.75) is 6.92 Å². The number of hydrogen-bond acceptors (Lipinski definition) is 2. The fourth-order valence-corrected chi connectivity index (χ4v) is 0. The summed E-state index contributed by atoms with van der Waals surface area (Å²) >= 11 is 0. The summed E-state index contributed by atoms with van der Waals surface area (Å²) in [6.45, 7) is 1.50. The maximum absolute atomic E-state index is 7.61. The molecule has 0 fully saturated rings. The highest BCUT2D eigenvalue weighted by molar-refractivity contribution is 5.76. The topological polar surface area (TPSA) is 58.6 Å². The molecule has 33 valence electrons. The number of amidine groups is 1. The van der Waals surface area contributed by atoms with Crippen LogP contribution in [0.15, 0.2) is 5.16 Å². The van der Waals surface area contributed by atoms with E-state index in [1.807, 2.05) is 0 Å². The zero-order chi connectivity index (χ0) is 4.28. The van der Waals surface area contributed by atoms with Gasteiger partial charge in [-0.3, -0.25) is 0 Å². The number of hydrogen-bond donors (Lipinski definition) is 2. The van der Waals surface area contributed by atoms with Crippen LogP contribution in [0.3, 0.4) is 0 Å². The maximum Gasteiger partial charge on any atom is 0.135 e. The largest absolute Gasteiger partial charge is 0.409 e. The molecule has 3 radical (unpaired) electrons. The first-order valence-electron chi connectivity index (χ1n) is 1.21. The number of nitrogens with zero attached hydrogens (tertiary/aromatic N) is 1. The Bertz CT molecular complexity index is 49.5. The van der Waals surface area contributed by atoms with Gasteiger partial charge in [-0.25, -0.2) is 0 Å². The fraction of sp³-hybridized carbons (Fsp3) is 0.500. The van der Waals surface area contributed by atoms with Crippen LogP contribution in [-0.4, -0.2) is 19.5 Å². The van der Waals surface area contributed by atoms with Crippen molar-refractivity contribution in [2.24, 2.45) is 10.9 Å². The van der Waals surface area contributed by atoms with Crippen molar-refractivity contribution in [3.8, 4) is 0 Å². The van der Waals surface area contributed by atoms with Gasteiger partial charge >= 0.3 is 0 Å². The normalized spacial score (nSPS) is 9.83. The molecule has 0 aliphatic heterocycles. The Morgan fingerprint density at radius 1 is 1.83 bits per heavy atom. The lowest BCUT2D eigenvalue weighted by Gasteiger charge is -1.73. The van der Waals surface area contributed by atoms with E-state index in [1.54, 1.807) is 0 Å². The Hall–Kier alpha value is -0.665. The third-order valence-electron chi connectivity index (χ3n) is 0.158. The molecule has 3 nitrogen and oxygen atoms in total. The van der Waals surface area contributed by atoms with Crippen molar-refractivity contribution >= 4 is 14.2 Å². The molecule has 0 saturated carbocycles. The molecule has 0 aromatic carbocycles. The van der Waals surface area contributed by atoms with Gasteiger partial charge in [0.15, 0.2) is 0 Å². The number of oxime groups is 1. The van der Waals surface area contributed by atoms with Crippen molar-refractivity contribution in [1.29, 1.82) is 0 Å². The van der Waals surface area contributed by atoms with Crippen LogP contribution in [0.5, 0.6) is 0 Å². The Labute approximate surface area is 38.4 Å². The average molecular weight is 84.9 g/mol. The summed E-state index contributed by atoms with van der Waals surface area (Å²) in [4.78, 5) is 0. The molecule has 0 unspecified atom stereocenters. The molecule has 0 aliphatic carbocycles. The van der Waals surface area contributed by atoms with E-state index in [2.05, 4.69) is 5.16 Å². The standard InChI is InChI=1S/C2H6N2O.B/c1-2(3)4-5;/h5H,1H3,(H2,3,4);. The van der Waals surface area contributed by atoms with Crippen LogP contribution in [0, 0.1) is 0 Å². The molecule has 3 N–H and O–H groups in total. The molecule has 0 spiro atoms. The lowest BCUT2D eigenvalue weighted by Crippen LogP contribution is -2.03. The third kappa shape index (κ3) is 10.2. The highest BCUT2D eigenvalue weighted by atomic mass is 16.4. The van der Waals surface area contributed by atoms with E-state index in [1.165, 1.54) is 6.92 Å². The van der Waals surface area contributed by atoms with Gasteiger partial charge in [0.05, 0.1) is 0 Å². The van der Waals surface area contributed by atoms with Crippen molar-refractivity contribution in [2.75, 3.05) is 0 Å². The van der Waals surface area contributed by atoms with Crippen LogP contribution in [0.2, 0.25) is 0 Å². The van der Waals surface area contributed by atoms with Crippen molar-refractivity contribution in [3.05, 3.63) is 0 Å². The lowest BCUT2D eigenvalue weighted by atomic mass is 10.7. The summed E-state index contributed by atoms with van der Waals surface area (Å²) < 4.78 is 0. The zero-order valence-corrected chi connectivity index (χ0v) is 3.55. The summed E-state index contributed by atoms with van der Waals surface area (Å²) in [7, 11) is 0. The Morgan fingerprint density at radius 3 is 2.00 bits per heavy atom. The highest BCUT2D eigenvalue weighted by Gasteiger charge is 1.64. The van der Waals surface area contributed by atoms with Crippen LogP contribution in [0.1, 0.15) is 6.92 Å². The first kappa shape index (κ1) is 9.01. The molecular weight excluding hydrogens is 78.8 g/mol. The third-order valence-corrected chi connectivity index (χ3v) is 0.158. The first-order valence-corrected chi connectivity index (χ1v) is 1.21. The van der Waals surface area contributed by atoms with E-state index in [0.29, 0.717) is 0 Å². The van der Waals surface area contributed by atoms with E-state index in [0.717, 1.165) is 0 Å². The molecule has 0 heterocycles. The molecule has 0 atom stereocenters. The van der Waals surface area contributed by atoms with Crippen LogP contribution in [0.4, 0.5) is 0 Å². The lowest BCUT2D eigenvalue weighted by molar-refractivity contribution is 0.318. The minimum atomic E-state index is 0. The Balaban J connectivity index is 0. The summed E-state index contributed by atoms with van der Waals surface area (Å²) in [5, 5.41) is 10.2. The quantitative estimate of drug-likeness (QED) is 0.135. The number of rotatable bonds is 0. The first-order chi connectivity index (χ1) is 2.27. The molecule has 0 amide bonds. The van der Waals surface area contributed by atoms with E-state index in [4.69, 9.17) is 10.9 Å². The van der Waals surface area contributed by atoms with Crippen molar-refractivity contribution in [1.82, 2.24) is 0 Å². The average Bonchev–Trinajstić information content (AvgIpc) is 1.38. The van der Waals surface area contributed by atoms with Gasteiger partial charge in [0.2, 0.25) is 0 Å². The predicted molar refractivity (Wildman–Crippen MR) is 24.8 cm³/mol. The Morgan fingerprint density at radius 2 is 2.00 bits per heavy atom. The highest BCUT2D eigenvalue weighted by Crippen LogP contribution is 1.51. The van der Waals surface area contributed by atoms with Gasteiger partial charge < -0.3 is 10.9 Å². The minimum absolute atomic E-state index is 0. The van der Waals surface area contributed by atoms with Crippen molar-refractivity contribution in [3.63, 3.8) is 0 Å². The second kappa shape index (κ2) is 4.33. The molecule has 0 saturated heterocycles. The van der Waals surface area contributed by atoms with E-state index in [9.17, 15) is 0 Å². The second-order valence-electron chi connectivity index (χ2n) is 0.741. The molecule has 0 aromatic rings. The molecule has 0 aliphatic rings. The fourth-order valence-electron chi connectivity index (χ4n) is 0. The van der Waals surface area contributed by atoms with Crippen molar-refractivity contribution < 1.29 is 5.21 Å². The van der Waals surface area contributed by atoms with Crippen LogP contribution < -0.4 is 5.73 Å². The smallest absolute Gasteiger partial charge is 0.135 e. The van der Waals surface area contributed by atoms with E-state index < -0.39 is 0 Å². The van der Waals surface area contributed by atoms with E-state index >= 15 is 0 Å². The van der Waals surface area contributed by atoms with Gasteiger partial charge in [-0.1, -0.05) is 5.16 Å². The minimum Gasteiger partial charge on any atom is -0.409 e. The summed E-state index contributed by atoms with van der Waals surface area (Å²) in [5.41, 5.74) is 4.79. The van der Waals surface area contributed by atoms with Crippen LogP contribution >= 0.6 is 0 Å². The maximum atomic E-state index is 7.61. The van der Waals surface area contributed by atoms with Gasteiger partial charge in [-0.15, -0.1) is 0 Å². The number of nitrogens with two attached hydrogens (primary N) is 1. The molecule has 4 heteroatoms. The molecule has 6 heavy (non-hydrogen) atoms. The van der Waals surface area contributed by atoms with Gasteiger partial charge in [-0.05, 0) is 6.92 Å². The van der Waals surface area contributed by atoms with Gasteiger partial charge in [0, 0.05) is 8.41 Å². The second-order valence-corrected chi connectivity index (χ2v) is 0.741. The van der Waals surface area contributed by atoms with Gasteiger partial charge in [0.25, 0.3) is 0 Å². The summed E-state index contributed by atoms with van der Waals surface area (Å²) in [6, 6.07) is 0. The molecule has 0 rings (SSSR count). The molecular formula is C2H6BN2O. The summed E-state index contributed by atoms with van der Waals surface area (Å²) in [6.07, 6.45) is 0. The monoisotopic (exact) mass is 85.1 g/mol. The van der Waals surface area contributed by atoms with Gasteiger partial charge in [-0.2, -0.15) is 0 Å². The predicted octanol–water partition coefficient (Wildman–Crippen LogP) is -0.628. The summed E-state index contributed by atoms with van der Waals surface area (Å²) in [5.74, 6) is 0.185.